The molecule has 6 nitrogen and oxygen atoms in total. The Morgan fingerprint density at radius 1 is 1.31 bits per heavy atom. The second-order valence-electron chi connectivity index (χ2n) is 8.39. The monoisotopic (exact) mass is 422 g/mol. The molecule has 0 spiro atoms. The van der Waals surface area contributed by atoms with Crippen LogP contribution in [-0.2, 0) is 11.3 Å². The van der Waals surface area contributed by atoms with E-state index in [-0.39, 0.29) is 12.0 Å². The maximum absolute atomic E-state index is 9.38. The summed E-state index contributed by atoms with van der Waals surface area (Å²) in [4.78, 5) is 6.86. The van der Waals surface area contributed by atoms with E-state index >= 15 is 0 Å². The Labute approximate surface area is 179 Å². The number of benzene rings is 1. The fraction of sp³-hybridized carbons (Fsp3) is 0.682. The Morgan fingerprint density at radius 3 is 2.76 bits per heavy atom. The van der Waals surface area contributed by atoms with Crippen molar-refractivity contribution in [1.29, 1.82) is 0 Å². The van der Waals surface area contributed by atoms with Gasteiger partial charge in [-0.25, -0.2) is 0 Å². The maximum atomic E-state index is 9.38. The molecule has 2 aliphatic rings. The third-order valence-electron chi connectivity index (χ3n) is 6.30. The van der Waals surface area contributed by atoms with Crippen LogP contribution in [0.3, 0.4) is 0 Å². The van der Waals surface area contributed by atoms with E-state index in [1.165, 1.54) is 18.4 Å². The van der Waals surface area contributed by atoms with E-state index in [1.54, 1.807) is 0 Å². The first kappa shape index (κ1) is 22.3. The molecule has 3 N–H and O–H groups in total. The summed E-state index contributed by atoms with van der Waals surface area (Å²) >= 11 is 6.30. The van der Waals surface area contributed by atoms with Crippen molar-refractivity contribution in [2.24, 2.45) is 16.3 Å². The largest absolute Gasteiger partial charge is 0.396 e. The molecule has 1 atom stereocenters. The summed E-state index contributed by atoms with van der Waals surface area (Å²) in [7, 11) is 1.81. The van der Waals surface area contributed by atoms with Gasteiger partial charge >= 0.3 is 0 Å². The number of hydrogen-bond acceptors (Lipinski definition) is 4. The van der Waals surface area contributed by atoms with Crippen molar-refractivity contribution in [3.8, 4) is 0 Å². The Bertz CT molecular complexity index is 656. The third kappa shape index (κ3) is 6.57. The molecule has 7 heteroatoms. The van der Waals surface area contributed by atoms with Crippen LogP contribution < -0.4 is 10.6 Å². The minimum absolute atomic E-state index is 0.0242. The van der Waals surface area contributed by atoms with Crippen LogP contribution in [0.4, 0.5) is 0 Å². The molecule has 0 amide bonds. The van der Waals surface area contributed by atoms with Crippen LogP contribution in [0, 0.1) is 11.3 Å². The highest BCUT2D eigenvalue weighted by Crippen LogP contribution is 2.31. The number of aliphatic hydroxyl groups excluding tert-OH is 1. The SMILES string of the molecule is CN=C(NCC1CCN(Cc2ccccc2Cl)CC1)NCC1(CCO)CCOC1. The molecule has 0 saturated carbocycles. The molecule has 3 rings (SSSR count). The van der Waals surface area contributed by atoms with Gasteiger partial charge in [-0.1, -0.05) is 29.8 Å². The van der Waals surface area contributed by atoms with Crippen LogP contribution in [0.2, 0.25) is 5.02 Å². The minimum atomic E-state index is 0.0242. The molecule has 2 saturated heterocycles. The van der Waals surface area contributed by atoms with Gasteiger partial charge in [0.25, 0.3) is 0 Å². The Hall–Kier alpha value is -1.34. The zero-order chi connectivity index (χ0) is 20.5. The van der Waals surface area contributed by atoms with Gasteiger partial charge in [-0.2, -0.15) is 0 Å². The van der Waals surface area contributed by atoms with Gasteiger partial charge in [0.2, 0.25) is 0 Å². The van der Waals surface area contributed by atoms with E-state index in [0.29, 0.717) is 12.5 Å². The molecular formula is C22H35ClN4O2. The number of aliphatic imine (C=N–C) groups is 1. The van der Waals surface area contributed by atoms with Crippen LogP contribution in [-0.4, -0.2) is 69.0 Å². The smallest absolute Gasteiger partial charge is 0.191 e. The average molecular weight is 423 g/mol. The Morgan fingerprint density at radius 2 is 2.10 bits per heavy atom. The van der Waals surface area contributed by atoms with E-state index in [4.69, 9.17) is 16.3 Å². The number of nitrogens with zero attached hydrogens (tertiary/aromatic N) is 2. The highest BCUT2D eigenvalue weighted by molar-refractivity contribution is 6.31. The van der Waals surface area contributed by atoms with Gasteiger partial charge in [-0.15, -0.1) is 0 Å². The number of nitrogens with one attached hydrogen (secondary N) is 2. The molecule has 2 aliphatic heterocycles. The first-order valence-corrected chi connectivity index (χ1v) is 11.1. The highest BCUT2D eigenvalue weighted by atomic mass is 35.5. The number of rotatable bonds is 8. The molecule has 0 aromatic heterocycles. The van der Waals surface area contributed by atoms with E-state index in [2.05, 4.69) is 32.7 Å². The highest BCUT2D eigenvalue weighted by Gasteiger charge is 2.34. The molecule has 0 bridgehead atoms. The zero-order valence-corrected chi connectivity index (χ0v) is 18.3. The summed E-state index contributed by atoms with van der Waals surface area (Å²) in [6.07, 6.45) is 4.11. The molecular weight excluding hydrogens is 388 g/mol. The summed E-state index contributed by atoms with van der Waals surface area (Å²) in [5, 5.41) is 17.2. The minimum Gasteiger partial charge on any atom is -0.396 e. The van der Waals surface area contributed by atoms with Crippen LogP contribution >= 0.6 is 11.6 Å². The van der Waals surface area contributed by atoms with Crippen molar-refractivity contribution in [3.63, 3.8) is 0 Å². The van der Waals surface area contributed by atoms with Gasteiger partial charge in [0.15, 0.2) is 5.96 Å². The second kappa shape index (κ2) is 11.2. The number of hydrogen-bond donors (Lipinski definition) is 3. The third-order valence-corrected chi connectivity index (χ3v) is 6.67. The summed E-state index contributed by atoms with van der Waals surface area (Å²) in [6, 6.07) is 8.12. The first-order chi connectivity index (χ1) is 14.1. The van der Waals surface area contributed by atoms with Crippen molar-refractivity contribution < 1.29 is 9.84 Å². The summed E-state index contributed by atoms with van der Waals surface area (Å²) in [5.74, 6) is 1.49. The van der Waals surface area contributed by atoms with Gasteiger partial charge in [-0.05, 0) is 56.3 Å². The molecule has 0 radical (unpaired) electrons. The van der Waals surface area contributed by atoms with Crippen molar-refractivity contribution in [1.82, 2.24) is 15.5 Å². The quantitative estimate of drug-likeness (QED) is 0.443. The van der Waals surface area contributed by atoms with Crippen LogP contribution in [0.5, 0.6) is 0 Å². The van der Waals surface area contributed by atoms with E-state index in [9.17, 15) is 5.11 Å². The van der Waals surface area contributed by atoms with Gasteiger partial charge < -0.3 is 20.5 Å². The zero-order valence-electron chi connectivity index (χ0n) is 17.5. The van der Waals surface area contributed by atoms with Gasteiger partial charge in [-0.3, -0.25) is 9.89 Å². The lowest BCUT2D eigenvalue weighted by molar-refractivity contribution is 0.127. The summed E-state index contributed by atoms with van der Waals surface area (Å²) < 4.78 is 5.57. The van der Waals surface area contributed by atoms with Crippen LogP contribution in [0.1, 0.15) is 31.2 Å². The Balaban J connectivity index is 1.38. The standard InChI is InChI=1S/C22H35ClN4O2/c1-24-21(26-16-22(8-12-28)9-13-29-17-22)25-14-18-6-10-27(11-7-18)15-19-4-2-3-5-20(19)23/h2-5,18,28H,6-17H2,1H3,(H2,24,25,26). The lowest BCUT2D eigenvalue weighted by Crippen LogP contribution is -2.46. The Kier molecular flexibility index (Phi) is 8.60. The lowest BCUT2D eigenvalue weighted by atomic mass is 9.84. The molecule has 1 aromatic carbocycles. The van der Waals surface area contributed by atoms with Crippen LogP contribution in [0.15, 0.2) is 29.3 Å². The topological polar surface area (TPSA) is 69.1 Å². The van der Waals surface area contributed by atoms with Gasteiger partial charge in [0.1, 0.15) is 0 Å². The number of piperidine rings is 1. The van der Waals surface area contributed by atoms with Crippen molar-refractivity contribution in [2.45, 2.75) is 32.2 Å². The molecule has 1 aromatic rings. The average Bonchev–Trinajstić information content (AvgIpc) is 3.20. The van der Waals surface area contributed by atoms with Crippen molar-refractivity contribution >= 4 is 17.6 Å². The summed E-state index contributed by atoms with van der Waals surface area (Å²) in [5.41, 5.74) is 1.24. The van der Waals surface area contributed by atoms with E-state index in [0.717, 1.165) is 63.2 Å². The number of halogens is 1. The van der Waals surface area contributed by atoms with E-state index < -0.39 is 0 Å². The molecule has 1 unspecified atom stereocenters. The van der Waals surface area contributed by atoms with E-state index in [1.807, 2.05) is 19.2 Å². The number of likely N-dealkylation sites (tertiary alicyclic amines) is 1. The molecule has 2 fully saturated rings. The lowest BCUT2D eigenvalue weighted by Gasteiger charge is -2.33. The van der Waals surface area contributed by atoms with Crippen molar-refractivity contribution in [2.75, 3.05) is 53.0 Å². The van der Waals surface area contributed by atoms with Gasteiger partial charge in [0.05, 0.1) is 6.61 Å². The predicted octanol–water partition coefficient (Wildman–Crippen LogP) is 2.51. The summed E-state index contributed by atoms with van der Waals surface area (Å²) in [6.45, 7) is 6.53. The van der Waals surface area contributed by atoms with Crippen LogP contribution in [0.25, 0.3) is 0 Å². The number of guanidine groups is 1. The molecule has 162 valence electrons. The van der Waals surface area contributed by atoms with Gasteiger partial charge in [0, 0.05) is 50.3 Å². The number of ether oxygens (including phenoxy) is 1. The normalized spacial score (nSPS) is 24.0. The molecule has 29 heavy (non-hydrogen) atoms. The number of aliphatic hydroxyl groups is 1. The fourth-order valence-electron chi connectivity index (χ4n) is 4.26. The fourth-order valence-corrected chi connectivity index (χ4v) is 4.46. The predicted molar refractivity (Wildman–Crippen MR) is 118 cm³/mol. The molecule has 2 heterocycles. The first-order valence-electron chi connectivity index (χ1n) is 10.7. The molecule has 0 aliphatic carbocycles. The maximum Gasteiger partial charge on any atom is 0.191 e. The van der Waals surface area contributed by atoms with Crippen molar-refractivity contribution in [3.05, 3.63) is 34.9 Å². The second-order valence-corrected chi connectivity index (χ2v) is 8.80.